The van der Waals surface area contributed by atoms with E-state index >= 15 is 0 Å². The Morgan fingerprint density at radius 3 is 2.57 bits per heavy atom. The predicted molar refractivity (Wildman–Crippen MR) is 112 cm³/mol. The van der Waals surface area contributed by atoms with E-state index in [1.807, 2.05) is 24.3 Å². The highest BCUT2D eigenvalue weighted by Gasteiger charge is 2.09. The Labute approximate surface area is 172 Å². The third kappa shape index (κ3) is 4.49. The number of amides is 1. The molecule has 0 unspecified atom stereocenters. The van der Waals surface area contributed by atoms with Gasteiger partial charge in [0.15, 0.2) is 0 Å². The van der Waals surface area contributed by atoms with E-state index in [4.69, 9.17) is 0 Å². The summed E-state index contributed by atoms with van der Waals surface area (Å²) in [6.45, 7) is 0.612. The smallest absolute Gasteiger partial charge is 0.248 e. The number of rotatable bonds is 6. The fourth-order valence-corrected chi connectivity index (χ4v) is 3.08. The zero-order valence-corrected chi connectivity index (χ0v) is 16.2. The van der Waals surface area contributed by atoms with Crippen molar-refractivity contribution in [3.8, 4) is 11.3 Å². The van der Waals surface area contributed by atoms with Crippen LogP contribution < -0.4 is 5.32 Å². The Hall–Kier alpha value is -4.07. The summed E-state index contributed by atoms with van der Waals surface area (Å²) in [5, 5.41) is 11.2. The third-order valence-electron chi connectivity index (χ3n) is 4.53. The Morgan fingerprint density at radius 1 is 1.10 bits per heavy atom. The van der Waals surface area contributed by atoms with Crippen molar-refractivity contribution in [1.82, 2.24) is 24.5 Å². The number of aryl methyl sites for hydroxylation is 1. The number of benzene rings is 2. The number of aromatic nitrogens is 5. The van der Waals surface area contributed by atoms with Crippen molar-refractivity contribution in [2.75, 3.05) is 5.32 Å². The lowest BCUT2D eigenvalue weighted by atomic mass is 10.1. The molecule has 2 heterocycles. The van der Waals surface area contributed by atoms with Gasteiger partial charge in [-0.1, -0.05) is 12.1 Å². The monoisotopic (exact) mass is 402 g/mol. The SMILES string of the molecule is Cn1ncc(/C=C/C(=O)Nc2ccc(Cn3cncn3)cc2)c1-c1ccc(F)cc1. The van der Waals surface area contributed by atoms with E-state index in [-0.39, 0.29) is 11.7 Å². The topological polar surface area (TPSA) is 77.6 Å². The molecule has 4 aromatic rings. The molecule has 0 aliphatic rings. The minimum Gasteiger partial charge on any atom is -0.323 e. The second-order valence-electron chi connectivity index (χ2n) is 6.69. The van der Waals surface area contributed by atoms with Gasteiger partial charge in [-0.05, 0) is 48.0 Å². The average Bonchev–Trinajstić information content (AvgIpc) is 3.38. The minimum absolute atomic E-state index is 0.257. The van der Waals surface area contributed by atoms with E-state index in [0.29, 0.717) is 12.2 Å². The first kappa shape index (κ1) is 19.3. The second-order valence-corrected chi connectivity index (χ2v) is 6.69. The molecule has 7 nitrogen and oxygen atoms in total. The van der Waals surface area contributed by atoms with Crippen LogP contribution in [0.4, 0.5) is 10.1 Å². The number of carbonyl (C=O) groups is 1. The fourth-order valence-electron chi connectivity index (χ4n) is 3.08. The van der Waals surface area contributed by atoms with Crippen LogP contribution >= 0.6 is 0 Å². The first-order chi connectivity index (χ1) is 14.6. The summed E-state index contributed by atoms with van der Waals surface area (Å²) in [5.41, 5.74) is 4.13. The number of hydrogen-bond acceptors (Lipinski definition) is 4. The van der Waals surface area contributed by atoms with Crippen LogP contribution in [0.2, 0.25) is 0 Å². The molecule has 4 rings (SSSR count). The molecule has 0 saturated carbocycles. The van der Waals surface area contributed by atoms with Gasteiger partial charge in [0.25, 0.3) is 0 Å². The van der Waals surface area contributed by atoms with Crippen molar-refractivity contribution in [2.45, 2.75) is 6.54 Å². The molecule has 150 valence electrons. The quantitative estimate of drug-likeness (QED) is 0.501. The van der Waals surface area contributed by atoms with Gasteiger partial charge in [-0.25, -0.2) is 14.1 Å². The maximum absolute atomic E-state index is 13.2. The first-order valence-electron chi connectivity index (χ1n) is 9.27. The van der Waals surface area contributed by atoms with Crippen LogP contribution in [-0.4, -0.2) is 30.5 Å². The van der Waals surface area contributed by atoms with Crippen LogP contribution in [0.1, 0.15) is 11.1 Å². The van der Waals surface area contributed by atoms with Crippen LogP contribution in [0.15, 0.2) is 73.5 Å². The van der Waals surface area contributed by atoms with Crippen LogP contribution in [0.5, 0.6) is 0 Å². The lowest BCUT2D eigenvalue weighted by molar-refractivity contribution is -0.111. The Balaban J connectivity index is 1.42. The molecule has 1 N–H and O–H groups in total. The minimum atomic E-state index is -0.301. The summed E-state index contributed by atoms with van der Waals surface area (Å²) in [7, 11) is 1.80. The molecule has 0 radical (unpaired) electrons. The van der Waals surface area contributed by atoms with Crippen molar-refractivity contribution in [2.24, 2.45) is 7.05 Å². The van der Waals surface area contributed by atoms with Gasteiger partial charge in [0, 0.05) is 29.9 Å². The first-order valence-corrected chi connectivity index (χ1v) is 9.27. The van der Waals surface area contributed by atoms with Gasteiger partial charge in [-0.3, -0.25) is 9.48 Å². The summed E-state index contributed by atoms with van der Waals surface area (Å²) in [6.07, 6.45) is 7.96. The number of hydrogen-bond donors (Lipinski definition) is 1. The molecule has 30 heavy (non-hydrogen) atoms. The van der Waals surface area contributed by atoms with Gasteiger partial charge >= 0.3 is 0 Å². The molecule has 0 fully saturated rings. The highest BCUT2D eigenvalue weighted by Crippen LogP contribution is 2.24. The molecule has 0 saturated heterocycles. The number of anilines is 1. The molecule has 0 aliphatic heterocycles. The van der Waals surface area contributed by atoms with Gasteiger partial charge in [-0.15, -0.1) is 0 Å². The predicted octanol–water partition coefficient (Wildman–Crippen LogP) is 3.52. The van der Waals surface area contributed by atoms with E-state index < -0.39 is 0 Å². The summed E-state index contributed by atoms with van der Waals surface area (Å²) < 4.78 is 16.6. The standard InChI is InChI=1S/C22H19FN6O/c1-28-22(17-4-7-19(23)8-5-17)18(12-25-28)6-11-21(30)27-20-9-2-16(3-10-20)13-29-15-24-14-26-29/h2-12,14-15H,13H2,1H3,(H,27,30)/b11-6+. The zero-order valence-electron chi connectivity index (χ0n) is 16.2. The summed E-state index contributed by atoms with van der Waals surface area (Å²) in [6, 6.07) is 13.7. The number of nitrogens with zero attached hydrogens (tertiary/aromatic N) is 5. The second kappa shape index (κ2) is 8.52. The molecule has 0 aliphatic carbocycles. The molecule has 0 bridgehead atoms. The van der Waals surface area contributed by atoms with E-state index in [1.165, 1.54) is 24.5 Å². The Morgan fingerprint density at radius 2 is 1.87 bits per heavy atom. The van der Waals surface area contributed by atoms with Gasteiger partial charge in [0.05, 0.1) is 18.4 Å². The zero-order chi connectivity index (χ0) is 20.9. The van der Waals surface area contributed by atoms with Crippen molar-refractivity contribution in [3.05, 3.63) is 90.4 Å². The van der Waals surface area contributed by atoms with E-state index in [0.717, 1.165) is 22.4 Å². The van der Waals surface area contributed by atoms with Crippen molar-refractivity contribution in [3.63, 3.8) is 0 Å². The molecule has 0 spiro atoms. The average molecular weight is 402 g/mol. The van der Waals surface area contributed by atoms with Gasteiger partial charge in [0.2, 0.25) is 5.91 Å². The summed E-state index contributed by atoms with van der Waals surface area (Å²) >= 11 is 0. The van der Waals surface area contributed by atoms with Crippen LogP contribution in [-0.2, 0) is 18.4 Å². The summed E-state index contributed by atoms with van der Waals surface area (Å²) in [4.78, 5) is 16.2. The molecule has 2 aromatic carbocycles. The lowest BCUT2D eigenvalue weighted by Crippen LogP contribution is -2.08. The van der Waals surface area contributed by atoms with Crippen LogP contribution in [0, 0.1) is 5.82 Å². The number of carbonyl (C=O) groups excluding carboxylic acids is 1. The third-order valence-corrected chi connectivity index (χ3v) is 4.53. The maximum atomic E-state index is 13.2. The highest BCUT2D eigenvalue weighted by molar-refractivity contribution is 6.02. The van der Waals surface area contributed by atoms with Crippen molar-refractivity contribution in [1.29, 1.82) is 0 Å². The van der Waals surface area contributed by atoms with Gasteiger partial charge in [0.1, 0.15) is 18.5 Å². The van der Waals surface area contributed by atoms with Gasteiger partial charge < -0.3 is 5.32 Å². The van der Waals surface area contributed by atoms with E-state index in [1.54, 1.807) is 47.1 Å². The van der Waals surface area contributed by atoms with Crippen molar-refractivity contribution >= 4 is 17.7 Å². The molecule has 1 amide bonds. The van der Waals surface area contributed by atoms with Crippen LogP contribution in [0.3, 0.4) is 0 Å². The van der Waals surface area contributed by atoms with Crippen LogP contribution in [0.25, 0.3) is 17.3 Å². The van der Waals surface area contributed by atoms with Gasteiger partial charge in [-0.2, -0.15) is 10.2 Å². The Bertz CT molecular complexity index is 1160. The van der Waals surface area contributed by atoms with Crippen molar-refractivity contribution < 1.29 is 9.18 Å². The largest absolute Gasteiger partial charge is 0.323 e. The molecular formula is C22H19FN6O. The summed E-state index contributed by atoms with van der Waals surface area (Å²) in [5.74, 6) is -0.558. The number of nitrogens with one attached hydrogen (secondary N) is 1. The normalized spacial score (nSPS) is 11.1. The molecule has 2 aromatic heterocycles. The molecule has 8 heteroatoms. The maximum Gasteiger partial charge on any atom is 0.248 e. The van der Waals surface area contributed by atoms with E-state index in [9.17, 15) is 9.18 Å². The molecule has 0 atom stereocenters. The number of halogens is 1. The Kier molecular flexibility index (Phi) is 5.47. The van der Waals surface area contributed by atoms with E-state index in [2.05, 4.69) is 20.5 Å². The fraction of sp³-hybridized carbons (Fsp3) is 0.0909. The lowest BCUT2D eigenvalue weighted by Gasteiger charge is -2.05. The molecular weight excluding hydrogens is 383 g/mol. The highest BCUT2D eigenvalue weighted by atomic mass is 19.1.